The molecule has 88 valence electrons. The molecule has 0 saturated heterocycles. The molecule has 0 bridgehead atoms. The molecule has 1 fully saturated rings. The summed E-state index contributed by atoms with van der Waals surface area (Å²) in [7, 11) is 2.03. The Morgan fingerprint density at radius 3 is 2.65 bits per heavy atom. The van der Waals surface area contributed by atoms with Gasteiger partial charge in [-0.1, -0.05) is 24.3 Å². The van der Waals surface area contributed by atoms with Gasteiger partial charge in [0.25, 0.3) is 0 Å². The van der Waals surface area contributed by atoms with E-state index in [2.05, 4.69) is 52.2 Å². The van der Waals surface area contributed by atoms with E-state index in [1.807, 2.05) is 11.7 Å². The molecule has 3 rings (SSSR count). The molecule has 0 N–H and O–H groups in total. The summed E-state index contributed by atoms with van der Waals surface area (Å²) in [6.45, 7) is 2.14. The van der Waals surface area contributed by atoms with Crippen LogP contribution in [0.2, 0.25) is 0 Å². The molecule has 3 heteroatoms. The first-order valence-electron chi connectivity index (χ1n) is 5.97. The number of aryl methyl sites for hydroxylation is 2. The van der Waals surface area contributed by atoms with Crippen LogP contribution in [0.5, 0.6) is 0 Å². The maximum absolute atomic E-state index is 4.66. The van der Waals surface area contributed by atoms with Crippen molar-refractivity contribution in [2.45, 2.75) is 25.7 Å². The molecule has 2 nitrogen and oxygen atoms in total. The maximum Gasteiger partial charge on any atom is 0.0826 e. The molecule has 0 radical (unpaired) electrons. The molecule has 1 heterocycles. The highest BCUT2D eigenvalue weighted by atomic mass is 79.9. The van der Waals surface area contributed by atoms with Gasteiger partial charge in [-0.2, -0.15) is 5.10 Å². The van der Waals surface area contributed by atoms with Crippen molar-refractivity contribution in [3.05, 3.63) is 40.0 Å². The molecule has 0 aliphatic heterocycles. The molecule has 1 aliphatic carbocycles. The van der Waals surface area contributed by atoms with Gasteiger partial charge < -0.3 is 0 Å². The highest BCUT2D eigenvalue weighted by Crippen LogP contribution is 2.45. The lowest BCUT2D eigenvalue weighted by atomic mass is 10.1. The van der Waals surface area contributed by atoms with Crippen LogP contribution < -0.4 is 0 Å². The topological polar surface area (TPSA) is 17.8 Å². The van der Waals surface area contributed by atoms with Gasteiger partial charge in [-0.05, 0) is 41.3 Å². The fourth-order valence-corrected chi connectivity index (χ4v) is 3.14. The molecule has 0 unspecified atom stereocenters. The highest BCUT2D eigenvalue weighted by Gasteiger charge is 2.30. The molecule has 0 amide bonds. The molecule has 1 aliphatic rings. The Kier molecular flexibility index (Phi) is 2.58. The number of hydrogen-bond donors (Lipinski definition) is 0. The first-order valence-corrected chi connectivity index (χ1v) is 6.76. The fraction of sp³-hybridized carbons (Fsp3) is 0.357. The van der Waals surface area contributed by atoms with Crippen LogP contribution in [0.1, 0.15) is 30.0 Å². The van der Waals surface area contributed by atoms with Crippen LogP contribution >= 0.6 is 15.9 Å². The molecule has 1 saturated carbocycles. The predicted octanol–water partition coefficient (Wildman–Crippen LogP) is 4.04. The van der Waals surface area contributed by atoms with E-state index in [4.69, 9.17) is 0 Å². The second-order valence-electron chi connectivity index (χ2n) is 4.76. The van der Waals surface area contributed by atoms with E-state index < -0.39 is 0 Å². The molecule has 17 heavy (non-hydrogen) atoms. The maximum atomic E-state index is 4.66. The monoisotopic (exact) mass is 290 g/mol. The molecule has 2 aromatic rings. The highest BCUT2D eigenvalue weighted by molar-refractivity contribution is 9.10. The van der Waals surface area contributed by atoms with Gasteiger partial charge in [-0.15, -0.1) is 0 Å². The molecule has 0 atom stereocenters. The lowest BCUT2D eigenvalue weighted by molar-refractivity contribution is 0.750. The number of rotatable bonds is 2. The molecular weight excluding hydrogens is 276 g/mol. The Bertz CT molecular complexity index is 568. The Balaban J connectivity index is 2.17. The number of benzene rings is 1. The molecular formula is C14H15BrN2. The van der Waals surface area contributed by atoms with Crippen LogP contribution in [0.25, 0.3) is 11.3 Å². The molecule has 0 spiro atoms. The Hall–Kier alpha value is -1.09. The smallest absolute Gasteiger partial charge is 0.0826 e. The largest absolute Gasteiger partial charge is 0.266 e. The van der Waals surface area contributed by atoms with Crippen LogP contribution in [-0.2, 0) is 7.05 Å². The third-order valence-electron chi connectivity index (χ3n) is 3.38. The summed E-state index contributed by atoms with van der Waals surface area (Å²) in [5.41, 5.74) is 4.98. The normalized spacial score (nSPS) is 15.2. The van der Waals surface area contributed by atoms with Crippen LogP contribution in [0, 0.1) is 6.92 Å². The quantitative estimate of drug-likeness (QED) is 0.816. The Morgan fingerprint density at radius 1 is 1.29 bits per heavy atom. The van der Waals surface area contributed by atoms with Gasteiger partial charge in [0.1, 0.15) is 0 Å². The number of hydrogen-bond acceptors (Lipinski definition) is 1. The van der Waals surface area contributed by atoms with Crippen molar-refractivity contribution in [1.29, 1.82) is 0 Å². The summed E-state index contributed by atoms with van der Waals surface area (Å²) in [4.78, 5) is 0. The van der Waals surface area contributed by atoms with E-state index in [9.17, 15) is 0 Å². The summed E-state index contributed by atoms with van der Waals surface area (Å²) in [6.07, 6.45) is 2.56. The molecule has 1 aromatic heterocycles. The van der Waals surface area contributed by atoms with Crippen LogP contribution in [-0.4, -0.2) is 9.78 Å². The second-order valence-corrected chi connectivity index (χ2v) is 5.55. The van der Waals surface area contributed by atoms with Crippen molar-refractivity contribution in [3.8, 4) is 11.3 Å². The van der Waals surface area contributed by atoms with Gasteiger partial charge in [-0.3, -0.25) is 4.68 Å². The van der Waals surface area contributed by atoms with Crippen molar-refractivity contribution in [2.24, 2.45) is 7.05 Å². The zero-order valence-electron chi connectivity index (χ0n) is 10.1. The second kappa shape index (κ2) is 3.98. The predicted molar refractivity (Wildman–Crippen MR) is 73.1 cm³/mol. The standard InChI is InChI=1S/C14H15BrN2/c1-9-5-3-4-6-11(9)14-12(15)13(10-7-8-10)16-17(14)2/h3-6,10H,7-8H2,1-2H3. The van der Waals surface area contributed by atoms with Crippen molar-refractivity contribution in [2.75, 3.05) is 0 Å². The van der Waals surface area contributed by atoms with E-state index in [1.165, 1.54) is 39.8 Å². The SMILES string of the molecule is Cc1ccccc1-c1c(Br)c(C2CC2)nn1C. The minimum Gasteiger partial charge on any atom is -0.266 e. The Labute approximate surface area is 110 Å². The van der Waals surface area contributed by atoms with E-state index in [1.54, 1.807) is 0 Å². The lowest BCUT2D eigenvalue weighted by Gasteiger charge is -2.06. The lowest BCUT2D eigenvalue weighted by Crippen LogP contribution is -1.95. The third-order valence-corrected chi connectivity index (χ3v) is 4.16. The van der Waals surface area contributed by atoms with E-state index in [-0.39, 0.29) is 0 Å². The van der Waals surface area contributed by atoms with Crippen molar-refractivity contribution in [1.82, 2.24) is 9.78 Å². The Morgan fingerprint density at radius 2 is 2.00 bits per heavy atom. The zero-order valence-corrected chi connectivity index (χ0v) is 11.7. The first kappa shape index (κ1) is 11.0. The van der Waals surface area contributed by atoms with E-state index >= 15 is 0 Å². The van der Waals surface area contributed by atoms with Gasteiger partial charge in [0.05, 0.1) is 15.9 Å². The zero-order chi connectivity index (χ0) is 12.0. The summed E-state index contributed by atoms with van der Waals surface area (Å²) in [5.74, 6) is 0.674. The summed E-state index contributed by atoms with van der Waals surface area (Å²) < 4.78 is 3.18. The van der Waals surface area contributed by atoms with Gasteiger partial charge >= 0.3 is 0 Å². The van der Waals surface area contributed by atoms with Crippen molar-refractivity contribution >= 4 is 15.9 Å². The first-order chi connectivity index (χ1) is 8.18. The summed E-state index contributed by atoms with van der Waals surface area (Å²) in [6, 6.07) is 8.46. The minimum atomic E-state index is 0.674. The number of halogens is 1. The minimum absolute atomic E-state index is 0.674. The van der Waals surface area contributed by atoms with E-state index in [0.29, 0.717) is 5.92 Å². The van der Waals surface area contributed by atoms with Gasteiger partial charge in [0, 0.05) is 18.5 Å². The van der Waals surface area contributed by atoms with Crippen LogP contribution in [0.3, 0.4) is 0 Å². The van der Waals surface area contributed by atoms with Crippen molar-refractivity contribution in [3.63, 3.8) is 0 Å². The van der Waals surface area contributed by atoms with Crippen LogP contribution in [0.4, 0.5) is 0 Å². The number of aromatic nitrogens is 2. The van der Waals surface area contributed by atoms with Gasteiger partial charge in [0.15, 0.2) is 0 Å². The van der Waals surface area contributed by atoms with Crippen LogP contribution in [0.15, 0.2) is 28.7 Å². The average molecular weight is 291 g/mol. The van der Waals surface area contributed by atoms with E-state index in [0.717, 1.165) is 0 Å². The third kappa shape index (κ3) is 1.82. The van der Waals surface area contributed by atoms with Gasteiger partial charge in [-0.25, -0.2) is 0 Å². The summed E-state index contributed by atoms with van der Waals surface area (Å²) >= 11 is 3.73. The average Bonchev–Trinajstić information content (AvgIpc) is 3.09. The number of nitrogens with zero attached hydrogens (tertiary/aromatic N) is 2. The van der Waals surface area contributed by atoms with Gasteiger partial charge in [0.2, 0.25) is 0 Å². The van der Waals surface area contributed by atoms with Crippen molar-refractivity contribution < 1.29 is 0 Å². The summed E-state index contributed by atoms with van der Waals surface area (Å²) in [5, 5.41) is 4.66. The fourth-order valence-electron chi connectivity index (χ4n) is 2.27. The molecule has 1 aromatic carbocycles.